The summed E-state index contributed by atoms with van der Waals surface area (Å²) >= 11 is 0. The van der Waals surface area contributed by atoms with Crippen LogP contribution < -0.4 is 0 Å². The molecule has 0 saturated heterocycles. The van der Waals surface area contributed by atoms with E-state index < -0.39 is 63.7 Å². The van der Waals surface area contributed by atoms with Crippen molar-refractivity contribution in [2.24, 2.45) is 39.4 Å². The first kappa shape index (κ1) is 27.1. The summed E-state index contributed by atoms with van der Waals surface area (Å²) < 4.78 is 17.4. The van der Waals surface area contributed by atoms with Crippen LogP contribution in [0.15, 0.2) is 23.0 Å². The van der Waals surface area contributed by atoms with Crippen molar-refractivity contribution >= 4 is 23.5 Å². The Balaban J connectivity index is 1.77. The van der Waals surface area contributed by atoms with E-state index in [0.29, 0.717) is 19.3 Å². The maximum atomic E-state index is 14.1. The molecule has 0 spiro atoms. The summed E-state index contributed by atoms with van der Waals surface area (Å²) in [4.78, 5) is 52.3. The van der Waals surface area contributed by atoms with E-state index in [1.165, 1.54) is 13.8 Å². The van der Waals surface area contributed by atoms with Crippen molar-refractivity contribution in [1.29, 1.82) is 0 Å². The van der Waals surface area contributed by atoms with Crippen LogP contribution in [-0.2, 0) is 28.7 Å². The second-order valence-corrected chi connectivity index (χ2v) is 13.5. The Morgan fingerprint density at radius 2 is 1.68 bits per heavy atom. The minimum atomic E-state index is -1.16. The standard InChI is InChI=1S/C30H40O8/c1-15(31)37-22-13-20-27(3,4)21(34)8-10-28(20,5)25-23(38-16(2)32)26(35)29(6)18(17-9-11-36-14-17)12-19(33)24(29)30(22,25)7/h9,11,14,18,20,22-26,35H,8,10,12-13H2,1-7H3. The van der Waals surface area contributed by atoms with Crippen LogP contribution in [0.25, 0.3) is 0 Å². The number of carbonyl (C=O) groups is 4. The molecule has 0 radical (unpaired) electrons. The Morgan fingerprint density at radius 1 is 1.03 bits per heavy atom. The number of carbonyl (C=O) groups excluding carboxylic acids is 4. The summed E-state index contributed by atoms with van der Waals surface area (Å²) in [5.74, 6) is -2.59. The highest BCUT2D eigenvalue weighted by atomic mass is 16.6. The predicted octanol–water partition coefficient (Wildman–Crippen LogP) is 4.23. The molecule has 10 atom stereocenters. The lowest BCUT2D eigenvalue weighted by Gasteiger charge is -2.70. The van der Waals surface area contributed by atoms with E-state index in [2.05, 4.69) is 6.92 Å². The third-order valence-corrected chi connectivity index (χ3v) is 11.4. The van der Waals surface area contributed by atoms with Gasteiger partial charge in [0.2, 0.25) is 0 Å². The first-order valence-electron chi connectivity index (χ1n) is 13.7. The van der Waals surface area contributed by atoms with E-state index in [-0.39, 0.29) is 29.8 Å². The molecule has 4 aliphatic carbocycles. The van der Waals surface area contributed by atoms with E-state index >= 15 is 0 Å². The van der Waals surface area contributed by atoms with Gasteiger partial charge in [0.15, 0.2) is 0 Å². The number of hydrogen-bond donors (Lipinski definition) is 1. The molecule has 5 rings (SSSR count). The minimum Gasteiger partial charge on any atom is -0.472 e. The molecular formula is C30H40O8. The topological polar surface area (TPSA) is 120 Å². The molecule has 4 aliphatic rings. The Morgan fingerprint density at radius 3 is 2.26 bits per heavy atom. The van der Waals surface area contributed by atoms with Crippen LogP contribution in [0.3, 0.4) is 0 Å². The van der Waals surface area contributed by atoms with Crippen LogP contribution in [0.4, 0.5) is 0 Å². The van der Waals surface area contributed by atoms with Crippen LogP contribution in [0.2, 0.25) is 0 Å². The number of aliphatic hydroxyl groups excluding tert-OH is 1. The first-order valence-corrected chi connectivity index (χ1v) is 13.7. The van der Waals surface area contributed by atoms with Crippen molar-refractivity contribution in [3.8, 4) is 0 Å². The number of aliphatic hydroxyl groups is 1. The normalized spacial score (nSPS) is 45.5. The Labute approximate surface area is 223 Å². The molecule has 1 N–H and O–H groups in total. The van der Waals surface area contributed by atoms with Gasteiger partial charge in [-0.05, 0) is 35.8 Å². The molecule has 1 aromatic rings. The third-order valence-electron chi connectivity index (χ3n) is 11.4. The van der Waals surface area contributed by atoms with Crippen molar-refractivity contribution < 1.29 is 38.2 Å². The average Bonchev–Trinajstić information content (AvgIpc) is 3.42. The molecule has 208 valence electrons. The van der Waals surface area contributed by atoms with Gasteiger partial charge < -0.3 is 19.0 Å². The lowest BCUT2D eigenvalue weighted by molar-refractivity contribution is -0.291. The minimum absolute atomic E-state index is 0.00290. The fourth-order valence-corrected chi connectivity index (χ4v) is 9.97. The second-order valence-electron chi connectivity index (χ2n) is 13.5. The average molecular weight is 529 g/mol. The predicted molar refractivity (Wildman–Crippen MR) is 136 cm³/mol. The van der Waals surface area contributed by atoms with Gasteiger partial charge in [0.1, 0.15) is 23.8 Å². The summed E-state index contributed by atoms with van der Waals surface area (Å²) in [7, 11) is 0. The highest BCUT2D eigenvalue weighted by Crippen LogP contribution is 2.74. The molecule has 0 aliphatic heterocycles. The van der Waals surface area contributed by atoms with E-state index in [1.54, 1.807) is 12.5 Å². The van der Waals surface area contributed by atoms with Gasteiger partial charge in [0.05, 0.1) is 18.6 Å². The van der Waals surface area contributed by atoms with Gasteiger partial charge in [0, 0.05) is 60.7 Å². The summed E-state index contributed by atoms with van der Waals surface area (Å²) in [6, 6.07) is 1.81. The van der Waals surface area contributed by atoms with Gasteiger partial charge in [-0.25, -0.2) is 0 Å². The SMILES string of the molecule is CC(=O)OC1C(O)C2(C)C(c3ccoc3)CC(=O)C2C2(C)C(OC(C)=O)CC3C(C)(C)C(=O)CCC3(C)C12. The van der Waals surface area contributed by atoms with Crippen molar-refractivity contribution in [1.82, 2.24) is 0 Å². The van der Waals surface area contributed by atoms with E-state index in [4.69, 9.17) is 13.9 Å². The number of ketones is 2. The first-order chi connectivity index (χ1) is 17.6. The Hall–Kier alpha value is -2.48. The maximum absolute atomic E-state index is 14.1. The number of Topliss-reactive ketones (excluding diaryl/α,β-unsaturated/α-hetero) is 2. The number of hydrogen-bond acceptors (Lipinski definition) is 8. The monoisotopic (exact) mass is 528 g/mol. The van der Waals surface area contributed by atoms with Crippen molar-refractivity contribution in [2.75, 3.05) is 0 Å². The molecule has 8 heteroatoms. The highest BCUT2D eigenvalue weighted by molar-refractivity contribution is 5.88. The molecule has 38 heavy (non-hydrogen) atoms. The fourth-order valence-electron chi connectivity index (χ4n) is 9.97. The van der Waals surface area contributed by atoms with Crippen LogP contribution >= 0.6 is 0 Å². The van der Waals surface area contributed by atoms with Gasteiger partial charge in [-0.2, -0.15) is 0 Å². The Bertz CT molecular complexity index is 1170. The molecule has 0 bridgehead atoms. The van der Waals surface area contributed by atoms with Gasteiger partial charge in [0.25, 0.3) is 0 Å². The van der Waals surface area contributed by atoms with Crippen molar-refractivity contribution in [3.05, 3.63) is 24.2 Å². The second kappa shape index (κ2) is 8.51. The largest absolute Gasteiger partial charge is 0.472 e. The molecule has 8 nitrogen and oxygen atoms in total. The van der Waals surface area contributed by atoms with Gasteiger partial charge in [-0.1, -0.05) is 34.6 Å². The quantitative estimate of drug-likeness (QED) is 0.579. The number of rotatable bonds is 3. The van der Waals surface area contributed by atoms with Crippen LogP contribution in [0, 0.1) is 39.4 Å². The lowest BCUT2D eigenvalue weighted by atomic mass is 9.35. The molecule has 10 unspecified atom stereocenters. The molecule has 4 saturated carbocycles. The summed E-state index contributed by atoms with van der Waals surface area (Å²) in [5.41, 5.74) is -2.41. The number of fused-ring (bicyclic) bond motifs is 5. The maximum Gasteiger partial charge on any atom is 0.303 e. The third kappa shape index (κ3) is 3.37. The zero-order chi connectivity index (χ0) is 28.0. The summed E-state index contributed by atoms with van der Waals surface area (Å²) in [5, 5.41) is 12.2. The van der Waals surface area contributed by atoms with Gasteiger partial charge in [-0.15, -0.1) is 0 Å². The molecular weight excluding hydrogens is 488 g/mol. The molecule has 4 fully saturated rings. The van der Waals surface area contributed by atoms with Crippen LogP contribution in [-0.4, -0.2) is 46.9 Å². The number of esters is 2. The van der Waals surface area contributed by atoms with Crippen molar-refractivity contribution in [2.45, 2.75) is 98.4 Å². The van der Waals surface area contributed by atoms with E-state index in [1.807, 2.05) is 33.8 Å². The zero-order valence-electron chi connectivity index (χ0n) is 23.4. The summed E-state index contributed by atoms with van der Waals surface area (Å²) in [6.45, 7) is 12.5. The van der Waals surface area contributed by atoms with Crippen molar-refractivity contribution in [3.63, 3.8) is 0 Å². The number of ether oxygens (including phenoxy) is 2. The fraction of sp³-hybridized carbons (Fsp3) is 0.733. The smallest absolute Gasteiger partial charge is 0.303 e. The summed E-state index contributed by atoms with van der Waals surface area (Å²) in [6.07, 6.45) is 1.87. The number of furan rings is 1. The van der Waals surface area contributed by atoms with Crippen LogP contribution in [0.1, 0.15) is 85.6 Å². The lowest BCUT2D eigenvalue weighted by Crippen LogP contribution is -2.75. The zero-order valence-corrected chi connectivity index (χ0v) is 23.4. The molecule has 1 heterocycles. The molecule has 1 aromatic heterocycles. The van der Waals surface area contributed by atoms with Gasteiger partial charge in [-0.3, -0.25) is 19.2 Å². The molecule has 0 amide bonds. The Kier molecular flexibility index (Phi) is 6.07. The van der Waals surface area contributed by atoms with E-state index in [0.717, 1.165) is 5.56 Å². The van der Waals surface area contributed by atoms with Crippen LogP contribution in [0.5, 0.6) is 0 Å². The highest BCUT2D eigenvalue weighted by Gasteiger charge is 2.78. The van der Waals surface area contributed by atoms with Gasteiger partial charge >= 0.3 is 11.9 Å². The molecule has 0 aromatic carbocycles. The van der Waals surface area contributed by atoms with E-state index in [9.17, 15) is 24.3 Å².